The number of hydrogen-bond donors (Lipinski definition) is 2. The molecule has 0 saturated carbocycles. The molecule has 3 aliphatic heterocycles. The fourth-order valence-electron chi connectivity index (χ4n) is 6.81. The Morgan fingerprint density at radius 2 is 1.60 bits per heavy atom. The molecule has 254 valence electrons. The van der Waals surface area contributed by atoms with Crippen LogP contribution in [0.15, 0.2) is 78.9 Å². The van der Waals surface area contributed by atoms with Crippen LogP contribution in [0, 0.1) is 5.92 Å². The highest BCUT2D eigenvalue weighted by atomic mass is 16.7. The zero-order chi connectivity index (χ0) is 33.5. The average molecular weight is 656 g/mol. The van der Waals surface area contributed by atoms with Crippen molar-refractivity contribution in [3.8, 4) is 0 Å². The van der Waals surface area contributed by atoms with Gasteiger partial charge in [0.05, 0.1) is 30.9 Å². The van der Waals surface area contributed by atoms with Gasteiger partial charge in [0.25, 0.3) is 5.91 Å². The molecule has 3 fully saturated rings. The van der Waals surface area contributed by atoms with Gasteiger partial charge in [0, 0.05) is 18.0 Å². The number of ether oxygens (including phenoxy) is 3. The monoisotopic (exact) mass is 655 g/mol. The lowest BCUT2D eigenvalue weighted by atomic mass is 9.89. The third kappa shape index (κ3) is 8.13. The standard InChI is InChI=1S/C38H45N3O7/c1-26-33(23-40-19-8-3-2-4-9-20-40)47-37(48-35(26)29-17-15-27(24-42)16-18-29)30-13-10-14-31(21-30)41-34(43)22-32(36(41)44)39-38(45)46-25-28-11-6-5-7-12-28/h5-7,10-18,21,26,32-33,35,37,42H,2-4,8-9,19-20,22-25H2,1H3,(H,39,45). The van der Waals surface area contributed by atoms with Crippen molar-refractivity contribution in [2.45, 2.75) is 83.2 Å². The van der Waals surface area contributed by atoms with E-state index in [1.54, 1.807) is 18.2 Å². The number of rotatable bonds is 9. The maximum atomic E-state index is 13.4. The van der Waals surface area contributed by atoms with E-state index in [1.165, 1.54) is 32.1 Å². The van der Waals surface area contributed by atoms with E-state index >= 15 is 0 Å². The van der Waals surface area contributed by atoms with E-state index < -0.39 is 30.2 Å². The first-order chi connectivity index (χ1) is 23.4. The summed E-state index contributed by atoms with van der Waals surface area (Å²) in [6, 6.07) is 23.1. The molecule has 0 bridgehead atoms. The molecule has 0 aliphatic carbocycles. The Labute approximate surface area is 282 Å². The topological polar surface area (TPSA) is 118 Å². The van der Waals surface area contributed by atoms with Gasteiger partial charge < -0.3 is 29.5 Å². The number of carbonyl (C=O) groups is 3. The minimum atomic E-state index is -1.03. The van der Waals surface area contributed by atoms with E-state index in [2.05, 4.69) is 17.1 Å². The predicted molar refractivity (Wildman–Crippen MR) is 180 cm³/mol. The van der Waals surface area contributed by atoms with Crippen molar-refractivity contribution >= 4 is 23.6 Å². The van der Waals surface area contributed by atoms with Crippen molar-refractivity contribution in [1.29, 1.82) is 0 Å². The van der Waals surface area contributed by atoms with Gasteiger partial charge in [-0.15, -0.1) is 0 Å². The Morgan fingerprint density at radius 1 is 0.875 bits per heavy atom. The summed E-state index contributed by atoms with van der Waals surface area (Å²) in [6.07, 6.45) is 4.07. The first-order valence-corrected chi connectivity index (χ1v) is 17.1. The summed E-state index contributed by atoms with van der Waals surface area (Å²) in [5.41, 5.74) is 3.72. The van der Waals surface area contributed by atoms with Gasteiger partial charge in [-0.3, -0.25) is 9.59 Å². The third-order valence-corrected chi connectivity index (χ3v) is 9.56. The number of aliphatic hydroxyl groups is 1. The van der Waals surface area contributed by atoms with Gasteiger partial charge >= 0.3 is 6.09 Å². The van der Waals surface area contributed by atoms with Crippen LogP contribution in [0.2, 0.25) is 0 Å². The lowest BCUT2D eigenvalue weighted by Crippen LogP contribution is -2.45. The molecule has 5 unspecified atom stereocenters. The van der Waals surface area contributed by atoms with Gasteiger partial charge in [0.15, 0.2) is 6.29 Å². The lowest BCUT2D eigenvalue weighted by Gasteiger charge is -2.43. The highest BCUT2D eigenvalue weighted by molar-refractivity contribution is 6.22. The number of likely N-dealkylation sites (tertiary alicyclic amines) is 1. The first kappa shape index (κ1) is 33.8. The number of hydrogen-bond acceptors (Lipinski definition) is 8. The van der Waals surface area contributed by atoms with Gasteiger partial charge in [-0.1, -0.05) is 92.9 Å². The van der Waals surface area contributed by atoms with Crippen LogP contribution in [0.5, 0.6) is 0 Å². The molecule has 3 saturated heterocycles. The molecule has 10 heteroatoms. The normalized spacial score (nSPS) is 25.4. The van der Waals surface area contributed by atoms with Crippen LogP contribution < -0.4 is 10.2 Å². The van der Waals surface area contributed by atoms with E-state index in [0.717, 1.165) is 41.2 Å². The van der Waals surface area contributed by atoms with Crippen molar-refractivity contribution in [2.24, 2.45) is 5.92 Å². The molecule has 3 amide bonds. The number of nitrogens with zero attached hydrogens (tertiary/aromatic N) is 2. The van der Waals surface area contributed by atoms with E-state index in [4.69, 9.17) is 14.2 Å². The highest BCUT2D eigenvalue weighted by Gasteiger charge is 2.42. The van der Waals surface area contributed by atoms with Crippen LogP contribution in [-0.4, -0.2) is 59.7 Å². The summed E-state index contributed by atoms with van der Waals surface area (Å²) in [5, 5.41) is 12.1. The van der Waals surface area contributed by atoms with Crippen molar-refractivity contribution in [2.75, 3.05) is 24.5 Å². The lowest BCUT2D eigenvalue weighted by molar-refractivity contribution is -0.276. The summed E-state index contributed by atoms with van der Waals surface area (Å²) >= 11 is 0. The number of benzene rings is 3. The molecule has 10 nitrogen and oxygen atoms in total. The first-order valence-electron chi connectivity index (χ1n) is 17.1. The van der Waals surface area contributed by atoms with E-state index in [0.29, 0.717) is 11.3 Å². The van der Waals surface area contributed by atoms with Crippen LogP contribution in [-0.2, 0) is 37.0 Å². The molecule has 3 aliphatic rings. The Morgan fingerprint density at radius 3 is 2.33 bits per heavy atom. The van der Waals surface area contributed by atoms with E-state index in [-0.39, 0.29) is 37.8 Å². The predicted octanol–water partition coefficient (Wildman–Crippen LogP) is 5.79. The Hall–Kier alpha value is -4.09. The third-order valence-electron chi connectivity index (χ3n) is 9.56. The second-order valence-corrected chi connectivity index (χ2v) is 13.0. The molecule has 3 aromatic carbocycles. The second-order valence-electron chi connectivity index (χ2n) is 13.0. The summed E-state index contributed by atoms with van der Waals surface area (Å²) in [7, 11) is 0. The summed E-state index contributed by atoms with van der Waals surface area (Å²) in [5.74, 6) is -0.892. The van der Waals surface area contributed by atoms with Crippen molar-refractivity contribution in [1.82, 2.24) is 10.2 Å². The molecule has 3 heterocycles. The molecule has 0 spiro atoms. The Kier molecular flexibility index (Phi) is 11.2. The minimum Gasteiger partial charge on any atom is -0.445 e. The van der Waals surface area contributed by atoms with Gasteiger partial charge in [-0.2, -0.15) is 0 Å². The van der Waals surface area contributed by atoms with Crippen LogP contribution in [0.3, 0.4) is 0 Å². The van der Waals surface area contributed by atoms with E-state index in [9.17, 15) is 19.5 Å². The number of nitrogens with one attached hydrogen (secondary N) is 1. The fourth-order valence-corrected chi connectivity index (χ4v) is 6.81. The van der Waals surface area contributed by atoms with Gasteiger partial charge in [0.2, 0.25) is 5.91 Å². The zero-order valence-corrected chi connectivity index (χ0v) is 27.5. The van der Waals surface area contributed by atoms with Crippen molar-refractivity contribution < 1.29 is 33.7 Å². The number of alkyl carbamates (subject to hydrolysis) is 1. The maximum absolute atomic E-state index is 13.4. The number of amides is 3. The average Bonchev–Trinajstić information content (AvgIpc) is 3.37. The minimum absolute atomic E-state index is 0.0311. The maximum Gasteiger partial charge on any atom is 0.408 e. The molecule has 0 aromatic heterocycles. The van der Waals surface area contributed by atoms with Crippen molar-refractivity contribution in [3.63, 3.8) is 0 Å². The Bertz CT molecular complexity index is 1540. The molecule has 48 heavy (non-hydrogen) atoms. The Balaban J connectivity index is 1.18. The molecular formula is C38H45N3O7. The van der Waals surface area contributed by atoms with Crippen LogP contribution in [0.4, 0.5) is 10.5 Å². The number of carbonyl (C=O) groups excluding carboxylic acids is 3. The molecular weight excluding hydrogens is 610 g/mol. The van der Waals surface area contributed by atoms with E-state index in [1.807, 2.05) is 60.7 Å². The molecule has 6 rings (SSSR count). The number of aliphatic hydroxyl groups excluding tert-OH is 1. The van der Waals surface area contributed by atoms with Crippen LogP contribution >= 0.6 is 0 Å². The summed E-state index contributed by atoms with van der Waals surface area (Å²) in [4.78, 5) is 42.6. The molecule has 0 radical (unpaired) electrons. The number of imide groups is 1. The SMILES string of the molecule is CC1C(CN2CCCCCCC2)OC(c2cccc(N3C(=O)CC(NC(=O)OCc4ccccc4)C3=O)c2)OC1c1ccc(CO)cc1. The summed E-state index contributed by atoms with van der Waals surface area (Å²) < 4.78 is 18.6. The van der Waals surface area contributed by atoms with Gasteiger partial charge in [-0.25, -0.2) is 9.69 Å². The second kappa shape index (κ2) is 15.9. The van der Waals surface area contributed by atoms with Crippen LogP contribution in [0.25, 0.3) is 0 Å². The molecule has 5 atom stereocenters. The largest absolute Gasteiger partial charge is 0.445 e. The number of anilines is 1. The van der Waals surface area contributed by atoms with Crippen LogP contribution in [0.1, 0.15) is 80.1 Å². The fraction of sp³-hybridized carbons (Fsp3) is 0.447. The van der Waals surface area contributed by atoms with Gasteiger partial charge in [-0.05, 0) is 54.8 Å². The van der Waals surface area contributed by atoms with Gasteiger partial charge in [0.1, 0.15) is 12.6 Å². The summed E-state index contributed by atoms with van der Waals surface area (Å²) in [6.45, 7) is 5.04. The molecule has 3 aromatic rings. The smallest absolute Gasteiger partial charge is 0.408 e. The zero-order valence-electron chi connectivity index (χ0n) is 27.5. The quantitative estimate of drug-likeness (QED) is 0.278. The molecule has 2 N–H and O–H groups in total. The van der Waals surface area contributed by atoms with Crippen molar-refractivity contribution in [3.05, 3.63) is 101 Å². The highest BCUT2D eigenvalue weighted by Crippen LogP contribution is 2.42.